The summed E-state index contributed by atoms with van der Waals surface area (Å²) in [6, 6.07) is 2.55. The molecule has 0 amide bonds. The van der Waals surface area contributed by atoms with Crippen molar-refractivity contribution in [2.45, 2.75) is 58.5 Å². The molecule has 0 bridgehead atoms. The minimum Gasteiger partial charge on any atom is -0.345 e. The first-order chi connectivity index (χ1) is 11.8. The van der Waals surface area contributed by atoms with Crippen molar-refractivity contribution >= 4 is 23.3 Å². The van der Waals surface area contributed by atoms with Crippen molar-refractivity contribution in [2.24, 2.45) is 0 Å². The fourth-order valence-corrected chi connectivity index (χ4v) is 4.41. The van der Waals surface area contributed by atoms with Crippen LogP contribution in [0.1, 0.15) is 69.4 Å². The molecular formula is C19H23N3O2S. The number of hydrogen-bond donors (Lipinski definition) is 0. The highest BCUT2D eigenvalue weighted by atomic mass is 32.2. The largest absolute Gasteiger partial charge is 0.345 e. The summed E-state index contributed by atoms with van der Waals surface area (Å²) in [6.45, 7) is 9.19. The third-order valence-electron chi connectivity index (χ3n) is 4.56. The second-order valence-corrected chi connectivity index (χ2v) is 7.65. The Balaban J connectivity index is 1.82. The number of aryl methyl sites for hydroxylation is 3. The summed E-state index contributed by atoms with van der Waals surface area (Å²) in [5.41, 5.74) is 4.16. The Kier molecular flexibility index (Phi) is 4.82. The molecule has 2 heterocycles. The Morgan fingerprint density at radius 3 is 2.48 bits per heavy atom. The van der Waals surface area contributed by atoms with E-state index in [9.17, 15) is 9.59 Å². The van der Waals surface area contributed by atoms with Crippen LogP contribution < -0.4 is 0 Å². The lowest BCUT2D eigenvalue weighted by Crippen LogP contribution is -2.09. The second kappa shape index (κ2) is 6.75. The summed E-state index contributed by atoms with van der Waals surface area (Å²) in [5, 5.41) is 0.599. The van der Waals surface area contributed by atoms with Gasteiger partial charge in [0.1, 0.15) is 10.9 Å². The van der Waals surface area contributed by atoms with Crippen molar-refractivity contribution in [3.63, 3.8) is 0 Å². The first-order valence-electron chi connectivity index (χ1n) is 8.50. The second-order valence-electron chi connectivity index (χ2n) is 6.69. The van der Waals surface area contributed by atoms with Crippen LogP contribution in [0.15, 0.2) is 11.1 Å². The van der Waals surface area contributed by atoms with E-state index < -0.39 is 0 Å². The summed E-state index contributed by atoms with van der Waals surface area (Å²) in [7, 11) is 0. The molecule has 0 aliphatic heterocycles. The minimum absolute atomic E-state index is 0.0700. The van der Waals surface area contributed by atoms with Gasteiger partial charge in [-0.2, -0.15) is 0 Å². The zero-order chi connectivity index (χ0) is 18.3. The molecule has 132 valence electrons. The van der Waals surface area contributed by atoms with E-state index in [1.807, 2.05) is 13.0 Å². The standard InChI is InChI=1S/C19H23N3O2S/c1-10-8-16(12(3)22(10)15-6-7-15)17(24)9-25-19-18(13(4)23)11(2)20-14(5)21-19/h8,15H,6-7,9H2,1-5H3. The number of carbonyl (C=O) groups excluding carboxylic acids is 2. The van der Waals surface area contributed by atoms with Gasteiger partial charge in [-0.05, 0) is 53.5 Å². The summed E-state index contributed by atoms with van der Waals surface area (Å²) < 4.78 is 2.28. The van der Waals surface area contributed by atoms with E-state index in [1.54, 1.807) is 13.8 Å². The maximum Gasteiger partial charge on any atom is 0.174 e. The zero-order valence-electron chi connectivity index (χ0n) is 15.3. The average Bonchev–Trinajstić information content (AvgIpc) is 3.29. The smallest absolute Gasteiger partial charge is 0.174 e. The van der Waals surface area contributed by atoms with Gasteiger partial charge in [0, 0.05) is 23.0 Å². The average molecular weight is 357 g/mol. The van der Waals surface area contributed by atoms with Crippen molar-refractivity contribution < 1.29 is 9.59 Å². The molecule has 0 unspecified atom stereocenters. The maximum absolute atomic E-state index is 12.7. The maximum atomic E-state index is 12.7. The van der Waals surface area contributed by atoms with E-state index in [-0.39, 0.29) is 17.3 Å². The molecule has 2 aromatic rings. The molecule has 1 saturated carbocycles. The number of Topliss-reactive ketones (excluding diaryl/α,β-unsaturated/α-hetero) is 2. The molecule has 0 atom stereocenters. The normalized spacial score (nSPS) is 14.0. The first kappa shape index (κ1) is 17.9. The van der Waals surface area contributed by atoms with E-state index in [0.29, 0.717) is 28.1 Å². The third-order valence-corrected chi connectivity index (χ3v) is 5.53. The van der Waals surface area contributed by atoms with E-state index in [1.165, 1.54) is 31.5 Å². The SMILES string of the molecule is CC(=O)c1c(C)nc(C)nc1SCC(=O)c1cc(C)n(C2CC2)c1C. The molecule has 0 N–H and O–H groups in total. The van der Waals surface area contributed by atoms with Crippen LogP contribution in [0.5, 0.6) is 0 Å². The number of ketones is 2. The fraction of sp³-hybridized carbons (Fsp3) is 0.474. The van der Waals surface area contributed by atoms with Crippen molar-refractivity contribution in [3.05, 3.63) is 40.1 Å². The van der Waals surface area contributed by atoms with Crippen molar-refractivity contribution in [1.82, 2.24) is 14.5 Å². The van der Waals surface area contributed by atoms with Gasteiger partial charge in [0.25, 0.3) is 0 Å². The molecule has 1 fully saturated rings. The van der Waals surface area contributed by atoms with Crippen molar-refractivity contribution in [2.75, 3.05) is 5.75 Å². The number of hydrogen-bond acceptors (Lipinski definition) is 5. The lowest BCUT2D eigenvalue weighted by Gasteiger charge is -2.10. The Hall–Kier alpha value is -1.95. The van der Waals surface area contributed by atoms with E-state index >= 15 is 0 Å². The molecular weight excluding hydrogens is 334 g/mol. The number of carbonyl (C=O) groups is 2. The van der Waals surface area contributed by atoms with E-state index in [4.69, 9.17) is 0 Å². The van der Waals surface area contributed by atoms with Gasteiger partial charge < -0.3 is 4.57 Å². The van der Waals surface area contributed by atoms with E-state index in [2.05, 4.69) is 21.5 Å². The molecule has 25 heavy (non-hydrogen) atoms. The predicted molar refractivity (Wildman–Crippen MR) is 98.7 cm³/mol. The summed E-state index contributed by atoms with van der Waals surface area (Å²) in [4.78, 5) is 33.3. The molecule has 2 aromatic heterocycles. The lowest BCUT2D eigenvalue weighted by molar-refractivity contribution is 0.100. The molecule has 5 nitrogen and oxygen atoms in total. The highest BCUT2D eigenvalue weighted by Crippen LogP contribution is 2.38. The Morgan fingerprint density at radius 2 is 1.88 bits per heavy atom. The van der Waals surface area contributed by atoms with Gasteiger partial charge >= 0.3 is 0 Å². The number of nitrogens with zero attached hydrogens (tertiary/aromatic N) is 3. The highest BCUT2D eigenvalue weighted by Gasteiger charge is 2.28. The molecule has 3 rings (SSSR count). The van der Waals surface area contributed by atoms with Gasteiger partial charge in [-0.3, -0.25) is 9.59 Å². The van der Waals surface area contributed by atoms with Crippen LogP contribution >= 0.6 is 11.8 Å². The van der Waals surface area contributed by atoms with Crippen LogP contribution in [0.3, 0.4) is 0 Å². The van der Waals surface area contributed by atoms with Crippen LogP contribution in [-0.4, -0.2) is 31.9 Å². The molecule has 0 aromatic carbocycles. The Bertz CT molecular complexity index is 866. The quantitative estimate of drug-likeness (QED) is 0.444. The summed E-state index contributed by atoms with van der Waals surface area (Å²) >= 11 is 1.32. The molecule has 1 aliphatic carbocycles. The number of rotatable bonds is 6. The lowest BCUT2D eigenvalue weighted by atomic mass is 10.2. The third kappa shape index (κ3) is 3.54. The van der Waals surface area contributed by atoms with Gasteiger partial charge in [0.2, 0.25) is 0 Å². The van der Waals surface area contributed by atoms with Crippen LogP contribution in [0.25, 0.3) is 0 Å². The van der Waals surface area contributed by atoms with Gasteiger partial charge in [0.15, 0.2) is 11.6 Å². The van der Waals surface area contributed by atoms with Gasteiger partial charge in [-0.1, -0.05) is 11.8 Å². The molecule has 0 spiro atoms. The molecule has 1 aliphatic rings. The highest BCUT2D eigenvalue weighted by molar-refractivity contribution is 8.00. The minimum atomic E-state index is -0.0700. The van der Waals surface area contributed by atoms with Crippen molar-refractivity contribution in [3.8, 4) is 0 Å². The first-order valence-corrected chi connectivity index (χ1v) is 9.48. The van der Waals surface area contributed by atoms with Crippen molar-refractivity contribution in [1.29, 1.82) is 0 Å². The summed E-state index contributed by atoms with van der Waals surface area (Å²) in [6.07, 6.45) is 2.39. The molecule has 0 radical (unpaired) electrons. The van der Waals surface area contributed by atoms with Gasteiger partial charge in [0.05, 0.1) is 17.0 Å². The predicted octanol–water partition coefficient (Wildman–Crippen LogP) is 4.02. The zero-order valence-corrected chi connectivity index (χ0v) is 16.2. The van der Waals surface area contributed by atoms with Crippen LogP contribution in [-0.2, 0) is 0 Å². The van der Waals surface area contributed by atoms with E-state index in [0.717, 1.165) is 17.0 Å². The number of thioether (sulfide) groups is 1. The molecule has 6 heteroatoms. The Labute approximate surface area is 152 Å². The number of aromatic nitrogens is 3. The van der Waals surface area contributed by atoms with Gasteiger partial charge in [-0.25, -0.2) is 9.97 Å². The summed E-state index contributed by atoms with van der Waals surface area (Å²) in [5.74, 6) is 0.891. The van der Waals surface area contributed by atoms with Gasteiger partial charge in [-0.15, -0.1) is 0 Å². The fourth-order valence-electron chi connectivity index (χ4n) is 3.36. The van der Waals surface area contributed by atoms with Crippen LogP contribution in [0.2, 0.25) is 0 Å². The van der Waals surface area contributed by atoms with Crippen LogP contribution in [0, 0.1) is 27.7 Å². The molecule has 0 saturated heterocycles. The topological polar surface area (TPSA) is 64.8 Å². The van der Waals surface area contributed by atoms with Crippen LogP contribution in [0.4, 0.5) is 0 Å². The monoisotopic (exact) mass is 357 g/mol. The Morgan fingerprint density at radius 1 is 1.20 bits per heavy atom.